The zero-order chi connectivity index (χ0) is 15.1. The van der Waals surface area contributed by atoms with Crippen LogP contribution in [0.2, 0.25) is 0 Å². The predicted octanol–water partition coefficient (Wildman–Crippen LogP) is 4.08. The standard InChI is InChI=1S/C18H29NO2/c1-4-11-19-17(13-15-8-7-12-20-15)16-9-5-6-10-18(16)21-14(2)3/h5-6,9-10,14-15,17,19H,4,7-8,11-13H2,1-3H3. The molecule has 0 bridgehead atoms. The molecule has 3 nitrogen and oxygen atoms in total. The molecule has 21 heavy (non-hydrogen) atoms. The quantitative estimate of drug-likeness (QED) is 0.782. The summed E-state index contributed by atoms with van der Waals surface area (Å²) in [5, 5.41) is 3.67. The van der Waals surface area contributed by atoms with Crippen LogP contribution in [0.15, 0.2) is 24.3 Å². The highest BCUT2D eigenvalue weighted by Crippen LogP contribution is 2.31. The Balaban J connectivity index is 2.13. The third-order valence-electron chi connectivity index (χ3n) is 3.82. The number of nitrogens with one attached hydrogen (secondary N) is 1. The van der Waals surface area contributed by atoms with E-state index in [1.54, 1.807) is 0 Å². The Morgan fingerprint density at radius 2 is 2.14 bits per heavy atom. The third kappa shape index (κ3) is 5.01. The molecular weight excluding hydrogens is 262 g/mol. The van der Waals surface area contributed by atoms with Gasteiger partial charge in [-0.1, -0.05) is 25.1 Å². The predicted molar refractivity (Wildman–Crippen MR) is 86.8 cm³/mol. The lowest BCUT2D eigenvalue weighted by molar-refractivity contribution is 0.0940. The fourth-order valence-corrected chi connectivity index (χ4v) is 2.86. The Bertz CT molecular complexity index is 413. The summed E-state index contributed by atoms with van der Waals surface area (Å²) in [6, 6.07) is 8.71. The topological polar surface area (TPSA) is 30.5 Å². The lowest BCUT2D eigenvalue weighted by Crippen LogP contribution is -2.27. The maximum Gasteiger partial charge on any atom is 0.124 e. The summed E-state index contributed by atoms with van der Waals surface area (Å²) in [4.78, 5) is 0. The molecule has 1 aromatic rings. The van der Waals surface area contributed by atoms with Crippen molar-refractivity contribution in [1.82, 2.24) is 5.32 Å². The molecule has 0 aliphatic carbocycles. The van der Waals surface area contributed by atoms with Gasteiger partial charge in [-0.25, -0.2) is 0 Å². The molecule has 0 spiro atoms. The Morgan fingerprint density at radius 1 is 1.33 bits per heavy atom. The number of benzene rings is 1. The lowest BCUT2D eigenvalue weighted by Gasteiger charge is -2.25. The lowest BCUT2D eigenvalue weighted by atomic mass is 9.98. The van der Waals surface area contributed by atoms with Gasteiger partial charge in [-0.15, -0.1) is 0 Å². The molecule has 2 unspecified atom stereocenters. The molecule has 1 aromatic carbocycles. The van der Waals surface area contributed by atoms with Gasteiger partial charge in [0.25, 0.3) is 0 Å². The van der Waals surface area contributed by atoms with Crippen molar-refractivity contribution in [3.63, 3.8) is 0 Å². The monoisotopic (exact) mass is 291 g/mol. The average Bonchev–Trinajstić information content (AvgIpc) is 2.96. The summed E-state index contributed by atoms with van der Waals surface area (Å²) in [6.45, 7) is 8.28. The summed E-state index contributed by atoms with van der Waals surface area (Å²) in [6.07, 6.45) is 5.10. The zero-order valence-corrected chi connectivity index (χ0v) is 13.6. The van der Waals surface area contributed by atoms with Crippen molar-refractivity contribution in [3.05, 3.63) is 29.8 Å². The summed E-state index contributed by atoms with van der Waals surface area (Å²) >= 11 is 0. The minimum absolute atomic E-state index is 0.195. The van der Waals surface area contributed by atoms with Gasteiger partial charge in [0, 0.05) is 18.2 Å². The van der Waals surface area contributed by atoms with Crippen LogP contribution >= 0.6 is 0 Å². The first-order valence-corrected chi connectivity index (χ1v) is 8.31. The Kier molecular flexibility index (Phi) is 6.52. The largest absolute Gasteiger partial charge is 0.491 e. The van der Waals surface area contributed by atoms with Crippen molar-refractivity contribution in [2.75, 3.05) is 13.2 Å². The maximum absolute atomic E-state index is 5.99. The molecule has 1 aliphatic heterocycles. The highest BCUT2D eigenvalue weighted by Gasteiger charge is 2.23. The van der Waals surface area contributed by atoms with Gasteiger partial charge in [-0.3, -0.25) is 0 Å². The van der Waals surface area contributed by atoms with Crippen LogP contribution in [0.1, 0.15) is 58.1 Å². The van der Waals surface area contributed by atoms with Crippen LogP contribution in [0.3, 0.4) is 0 Å². The van der Waals surface area contributed by atoms with Gasteiger partial charge in [0.15, 0.2) is 0 Å². The van der Waals surface area contributed by atoms with E-state index in [4.69, 9.17) is 9.47 Å². The van der Waals surface area contributed by atoms with Gasteiger partial charge in [0.05, 0.1) is 12.2 Å². The second-order valence-electron chi connectivity index (χ2n) is 6.08. The van der Waals surface area contributed by atoms with Crippen LogP contribution in [-0.4, -0.2) is 25.4 Å². The summed E-state index contributed by atoms with van der Waals surface area (Å²) < 4.78 is 11.8. The SMILES string of the molecule is CCCNC(CC1CCCO1)c1ccccc1OC(C)C. The smallest absolute Gasteiger partial charge is 0.124 e. The fraction of sp³-hybridized carbons (Fsp3) is 0.667. The van der Waals surface area contributed by atoms with Crippen LogP contribution < -0.4 is 10.1 Å². The first kappa shape index (κ1) is 16.3. The van der Waals surface area contributed by atoms with Gasteiger partial charge < -0.3 is 14.8 Å². The molecule has 118 valence electrons. The zero-order valence-electron chi connectivity index (χ0n) is 13.6. The van der Waals surface area contributed by atoms with Crippen molar-refractivity contribution in [2.45, 2.75) is 64.7 Å². The summed E-state index contributed by atoms with van der Waals surface area (Å²) in [7, 11) is 0. The number of para-hydroxylation sites is 1. The number of ether oxygens (including phenoxy) is 2. The van der Waals surface area contributed by atoms with Crippen LogP contribution in [0, 0.1) is 0 Å². The highest BCUT2D eigenvalue weighted by molar-refractivity contribution is 5.36. The Hall–Kier alpha value is -1.06. The maximum atomic E-state index is 5.99. The molecule has 0 saturated carbocycles. The fourth-order valence-electron chi connectivity index (χ4n) is 2.86. The summed E-state index contributed by atoms with van der Waals surface area (Å²) in [5.74, 6) is 0.999. The first-order chi connectivity index (χ1) is 10.2. The van der Waals surface area contributed by atoms with Crippen LogP contribution in [0.25, 0.3) is 0 Å². The normalized spacial score (nSPS) is 19.9. The van der Waals surface area contributed by atoms with Crippen molar-refractivity contribution in [2.24, 2.45) is 0 Å². The minimum atomic E-state index is 0.195. The highest BCUT2D eigenvalue weighted by atomic mass is 16.5. The molecule has 1 aliphatic rings. The second-order valence-corrected chi connectivity index (χ2v) is 6.08. The van der Waals surface area contributed by atoms with Crippen LogP contribution in [0.5, 0.6) is 5.75 Å². The molecule has 3 heteroatoms. The molecule has 1 saturated heterocycles. The second kappa shape index (κ2) is 8.40. The average molecular weight is 291 g/mol. The molecule has 0 aromatic heterocycles. The van der Waals surface area contributed by atoms with E-state index in [2.05, 4.69) is 44.3 Å². The molecule has 1 N–H and O–H groups in total. The van der Waals surface area contributed by atoms with E-state index >= 15 is 0 Å². The first-order valence-electron chi connectivity index (χ1n) is 8.31. The molecule has 2 atom stereocenters. The van der Waals surface area contributed by atoms with E-state index in [0.717, 1.165) is 31.7 Å². The van der Waals surface area contributed by atoms with Gasteiger partial charge in [-0.05, 0) is 52.1 Å². The number of rotatable bonds is 8. The van der Waals surface area contributed by atoms with Crippen molar-refractivity contribution >= 4 is 0 Å². The third-order valence-corrected chi connectivity index (χ3v) is 3.82. The summed E-state index contributed by atoms with van der Waals surface area (Å²) in [5.41, 5.74) is 1.26. The van der Waals surface area contributed by atoms with E-state index in [1.165, 1.54) is 18.4 Å². The number of hydrogen-bond donors (Lipinski definition) is 1. The minimum Gasteiger partial charge on any atom is -0.491 e. The van der Waals surface area contributed by atoms with Crippen LogP contribution in [-0.2, 0) is 4.74 Å². The molecule has 1 heterocycles. The Labute approximate surface area is 129 Å². The van der Waals surface area contributed by atoms with Crippen molar-refractivity contribution in [3.8, 4) is 5.75 Å². The van der Waals surface area contributed by atoms with Gasteiger partial charge in [-0.2, -0.15) is 0 Å². The molecule has 0 amide bonds. The van der Waals surface area contributed by atoms with E-state index in [9.17, 15) is 0 Å². The molecule has 1 fully saturated rings. The van der Waals surface area contributed by atoms with Gasteiger partial charge in [0.2, 0.25) is 0 Å². The van der Waals surface area contributed by atoms with Crippen molar-refractivity contribution in [1.29, 1.82) is 0 Å². The van der Waals surface area contributed by atoms with Crippen LogP contribution in [0.4, 0.5) is 0 Å². The van der Waals surface area contributed by atoms with E-state index in [1.807, 2.05) is 6.07 Å². The molecular formula is C18H29NO2. The number of hydrogen-bond acceptors (Lipinski definition) is 3. The van der Waals surface area contributed by atoms with Gasteiger partial charge in [0.1, 0.15) is 5.75 Å². The molecule has 0 radical (unpaired) electrons. The van der Waals surface area contributed by atoms with Gasteiger partial charge >= 0.3 is 0 Å². The van der Waals surface area contributed by atoms with Crippen molar-refractivity contribution < 1.29 is 9.47 Å². The molecule has 2 rings (SSSR count). The van der Waals surface area contributed by atoms with E-state index in [0.29, 0.717) is 12.1 Å². The van der Waals surface area contributed by atoms with E-state index in [-0.39, 0.29) is 6.10 Å². The Morgan fingerprint density at radius 3 is 2.81 bits per heavy atom. The van der Waals surface area contributed by atoms with E-state index < -0.39 is 0 Å².